The van der Waals surface area contributed by atoms with Gasteiger partial charge in [-0.2, -0.15) is 0 Å². The Morgan fingerprint density at radius 3 is 1.11 bits per heavy atom. The van der Waals surface area contributed by atoms with Gasteiger partial charge in [0.05, 0.1) is 11.9 Å². The van der Waals surface area contributed by atoms with Gasteiger partial charge in [0.25, 0.3) is 0 Å². The average Bonchev–Trinajstić information content (AvgIpc) is 2.61. The van der Waals surface area contributed by atoms with Crippen LogP contribution in [-0.2, 0) is 9.59 Å². The van der Waals surface area contributed by atoms with E-state index in [0.29, 0.717) is 12.8 Å². The van der Waals surface area contributed by atoms with Gasteiger partial charge in [-0.15, -0.1) is 0 Å². The third-order valence-corrected chi connectivity index (χ3v) is 4.42. The molecule has 0 aliphatic rings. The van der Waals surface area contributed by atoms with Crippen molar-refractivity contribution in [1.82, 2.24) is 0 Å². The third kappa shape index (κ3) is 18.6. The monoisotopic (exact) mass is 488 g/mol. The van der Waals surface area contributed by atoms with E-state index < -0.39 is 11.9 Å². The summed E-state index contributed by atoms with van der Waals surface area (Å²) < 4.78 is 0. The summed E-state index contributed by atoms with van der Waals surface area (Å²) in [5.41, 5.74) is -0.113. The van der Waals surface area contributed by atoms with Crippen molar-refractivity contribution in [1.29, 1.82) is 0 Å². The Labute approximate surface area is 177 Å². The summed E-state index contributed by atoms with van der Waals surface area (Å²) in [6.45, 7) is 4.29. The Kier molecular flexibility index (Phi) is 23.1. The number of carboxylic acid groups (broad SMARTS) is 2. The van der Waals surface area contributed by atoms with Crippen molar-refractivity contribution in [3.63, 3.8) is 0 Å². The minimum atomic E-state index is -1.35. The quantitative estimate of drug-likeness (QED) is 0.187. The van der Waals surface area contributed by atoms with Gasteiger partial charge >= 0.3 is 31.0 Å². The maximum absolute atomic E-state index is 11.3. The zero-order valence-electron chi connectivity index (χ0n) is 18.0. The van der Waals surface area contributed by atoms with Gasteiger partial charge in [-0.3, -0.25) is 0 Å². The minimum absolute atomic E-state index is 0.0564. The number of carbonyl (C=O) groups is 2. The van der Waals surface area contributed by atoms with Crippen LogP contribution in [-0.4, -0.2) is 33.1 Å². The summed E-state index contributed by atoms with van der Waals surface area (Å²) >= 11 is 0.230. The topological polar surface area (TPSA) is 80.3 Å². The van der Waals surface area contributed by atoms with Crippen LogP contribution in [0.1, 0.15) is 104 Å². The zero-order chi connectivity index (χ0) is 20.9. The molecule has 0 unspecified atom stereocenters. The molecule has 0 rings (SSSR count). The molecule has 0 aliphatic carbocycles. The van der Waals surface area contributed by atoms with Gasteiger partial charge in [-0.25, -0.2) is 0 Å². The Balaban J connectivity index is 0. The molecule has 0 aromatic carbocycles. The van der Waals surface area contributed by atoms with Crippen LogP contribution in [0.3, 0.4) is 0 Å². The summed E-state index contributed by atoms with van der Waals surface area (Å²) in [5, 5.41) is 22.7. The molecule has 0 fully saturated rings. The molecule has 0 aromatic heterocycles. The fourth-order valence-electron chi connectivity index (χ4n) is 2.92. The van der Waals surface area contributed by atoms with E-state index in [9.17, 15) is 19.8 Å². The second kappa shape index (κ2) is 21.8. The molecule has 0 bridgehead atoms. The van der Waals surface area contributed by atoms with E-state index in [-0.39, 0.29) is 45.1 Å². The second-order valence-electron chi connectivity index (χ2n) is 7.07. The molecule has 0 radical (unpaired) electrons. The molecule has 0 heterocycles. The van der Waals surface area contributed by atoms with Crippen LogP contribution in [0.4, 0.5) is 0 Å². The number of hydrogen-bond donors (Lipinski definition) is 0. The van der Waals surface area contributed by atoms with Crippen LogP contribution in [0.15, 0.2) is 11.1 Å². The predicted molar refractivity (Wildman–Crippen MR) is 111 cm³/mol. The first-order chi connectivity index (χ1) is 13.0. The molecule has 0 atom stereocenters. The molecular formula is C22H40O4Sn. The predicted octanol–water partition coefficient (Wildman–Crippen LogP) is 4.07. The Bertz CT molecular complexity index is 369. The van der Waals surface area contributed by atoms with Crippen molar-refractivity contribution in [2.24, 2.45) is 0 Å². The van der Waals surface area contributed by atoms with E-state index in [1.807, 2.05) is 0 Å². The van der Waals surface area contributed by atoms with Crippen LogP contribution in [0.25, 0.3) is 0 Å². The van der Waals surface area contributed by atoms with Crippen LogP contribution < -0.4 is 10.2 Å². The molecule has 27 heavy (non-hydrogen) atoms. The molecule has 5 heteroatoms. The first-order valence-corrected chi connectivity index (χ1v) is 16.4. The first kappa shape index (κ1) is 28.7. The molecule has 0 aromatic rings. The maximum atomic E-state index is 11.3. The fourth-order valence-corrected chi connectivity index (χ4v) is 2.92. The van der Waals surface area contributed by atoms with E-state index in [1.54, 1.807) is 0 Å². The third-order valence-electron chi connectivity index (χ3n) is 4.42. The Morgan fingerprint density at radius 2 is 0.852 bits per heavy atom. The fraction of sp³-hybridized carbons (Fsp3) is 0.818. The normalized spacial score (nSPS) is 11.1. The van der Waals surface area contributed by atoms with Crippen molar-refractivity contribution in [3.8, 4) is 0 Å². The van der Waals surface area contributed by atoms with Crippen LogP contribution in [0, 0.1) is 0 Å². The van der Waals surface area contributed by atoms with Gasteiger partial charge in [-0.05, 0) is 36.8 Å². The Hall–Kier alpha value is -0.521. The molecule has 0 saturated carbocycles. The molecule has 0 N–H and O–H groups in total. The van der Waals surface area contributed by atoms with Crippen molar-refractivity contribution < 1.29 is 19.8 Å². The van der Waals surface area contributed by atoms with Crippen molar-refractivity contribution >= 4 is 33.1 Å². The van der Waals surface area contributed by atoms with E-state index in [4.69, 9.17) is 0 Å². The summed E-state index contributed by atoms with van der Waals surface area (Å²) in [6.07, 6.45) is 12.9. The summed E-state index contributed by atoms with van der Waals surface area (Å²) in [7, 11) is 0. The summed E-state index contributed by atoms with van der Waals surface area (Å²) in [6, 6.07) is 0. The van der Waals surface area contributed by atoms with Crippen molar-refractivity contribution in [2.75, 3.05) is 0 Å². The molecule has 0 amide bonds. The van der Waals surface area contributed by atoms with Gasteiger partial charge < -0.3 is 19.8 Å². The summed E-state index contributed by atoms with van der Waals surface area (Å²) in [5.74, 6) is -2.71. The Morgan fingerprint density at radius 1 is 0.593 bits per heavy atom. The van der Waals surface area contributed by atoms with Gasteiger partial charge in [0.1, 0.15) is 0 Å². The number of aliphatic carboxylic acids is 2. The molecule has 0 aliphatic heterocycles. The molecule has 156 valence electrons. The van der Waals surface area contributed by atoms with Crippen LogP contribution in [0.5, 0.6) is 0 Å². The van der Waals surface area contributed by atoms with Gasteiger partial charge in [-0.1, -0.05) is 78.1 Å². The van der Waals surface area contributed by atoms with Gasteiger partial charge in [0, 0.05) is 0 Å². The number of hydrogen-bond acceptors (Lipinski definition) is 4. The van der Waals surface area contributed by atoms with E-state index in [1.165, 1.54) is 12.8 Å². The van der Waals surface area contributed by atoms with Crippen molar-refractivity contribution in [2.45, 2.75) is 114 Å². The number of carbonyl (C=O) groups excluding carboxylic acids is 2. The molecular weight excluding hydrogens is 447 g/mol. The number of unbranched alkanes of at least 4 members (excludes halogenated alkanes) is 10. The SMILES string of the molecule is CCCCCCCCC(C(=O)[O-])=C(CCCCCCCC)C(=O)[O-].[CH3][Sn+2][CH3]. The van der Waals surface area contributed by atoms with E-state index >= 15 is 0 Å². The van der Waals surface area contributed by atoms with Crippen LogP contribution in [0.2, 0.25) is 9.88 Å². The van der Waals surface area contributed by atoms with Gasteiger partial charge in [0.2, 0.25) is 0 Å². The first-order valence-electron chi connectivity index (χ1n) is 10.7. The molecule has 0 saturated heterocycles. The van der Waals surface area contributed by atoms with Crippen molar-refractivity contribution in [3.05, 3.63) is 11.1 Å². The van der Waals surface area contributed by atoms with Crippen LogP contribution >= 0.6 is 0 Å². The van der Waals surface area contributed by atoms with Gasteiger partial charge in [0.15, 0.2) is 0 Å². The second-order valence-corrected chi connectivity index (χ2v) is 9.92. The number of carboxylic acids is 2. The standard InChI is InChI=1S/C20H36O4.2CH3.Sn/c1-3-5-7-9-11-13-15-17(19(21)22)18(20(23)24)16-14-12-10-8-6-4-2;;;/h3-16H2,1-2H3,(H,21,22)(H,23,24);2*1H3;/q;;;+2/p-2. The average molecular weight is 487 g/mol. The van der Waals surface area contributed by atoms with E-state index in [0.717, 1.165) is 51.4 Å². The summed E-state index contributed by atoms with van der Waals surface area (Å²) in [4.78, 5) is 27.2. The number of rotatable bonds is 16. The molecule has 0 spiro atoms. The molecule has 4 nitrogen and oxygen atoms in total. The zero-order valence-corrected chi connectivity index (χ0v) is 20.9. The van der Waals surface area contributed by atoms with E-state index in [2.05, 4.69) is 23.7 Å².